The number of rotatable bonds is 3. The zero-order valence-electron chi connectivity index (χ0n) is 11.0. The van der Waals surface area contributed by atoms with Crippen LogP contribution < -0.4 is 4.74 Å². The Morgan fingerprint density at radius 1 is 1.11 bits per heavy atom. The zero-order chi connectivity index (χ0) is 14.0. The summed E-state index contributed by atoms with van der Waals surface area (Å²) in [4.78, 5) is 25.1. The van der Waals surface area contributed by atoms with Gasteiger partial charge in [0.05, 0.1) is 5.56 Å². The maximum atomic E-state index is 12.0. The normalized spacial score (nSPS) is 10.3. The van der Waals surface area contributed by atoms with Crippen LogP contribution in [0.1, 0.15) is 37.4 Å². The average Bonchev–Trinajstić information content (AvgIpc) is 2.78. The maximum absolute atomic E-state index is 12.0. The Kier molecular flexibility index (Phi) is 3.81. The molecule has 0 amide bonds. The van der Waals surface area contributed by atoms with Gasteiger partial charge in [-0.3, -0.25) is 4.79 Å². The van der Waals surface area contributed by atoms with Gasteiger partial charge in [0.1, 0.15) is 10.6 Å². The molecule has 0 saturated heterocycles. The van der Waals surface area contributed by atoms with Crippen LogP contribution in [0, 0.1) is 13.8 Å². The summed E-state index contributed by atoms with van der Waals surface area (Å²) in [6.07, 6.45) is 0. The first-order valence-corrected chi connectivity index (χ1v) is 6.69. The molecule has 3 nitrogen and oxygen atoms in total. The van der Waals surface area contributed by atoms with E-state index in [1.165, 1.54) is 18.3 Å². The van der Waals surface area contributed by atoms with Gasteiger partial charge >= 0.3 is 5.97 Å². The van der Waals surface area contributed by atoms with E-state index in [0.717, 1.165) is 10.4 Å². The van der Waals surface area contributed by atoms with Gasteiger partial charge in [0, 0.05) is 4.88 Å². The van der Waals surface area contributed by atoms with Crippen molar-refractivity contribution in [2.24, 2.45) is 0 Å². The first kappa shape index (κ1) is 13.5. The van der Waals surface area contributed by atoms with E-state index in [0.29, 0.717) is 16.2 Å². The Labute approximate surface area is 115 Å². The van der Waals surface area contributed by atoms with Crippen molar-refractivity contribution in [3.05, 3.63) is 51.2 Å². The van der Waals surface area contributed by atoms with Gasteiger partial charge in [0.2, 0.25) is 0 Å². The van der Waals surface area contributed by atoms with Gasteiger partial charge in [-0.05, 0) is 45.0 Å². The van der Waals surface area contributed by atoms with Crippen LogP contribution in [0.3, 0.4) is 0 Å². The fourth-order valence-corrected chi connectivity index (χ4v) is 2.45. The minimum absolute atomic E-state index is 0.117. The molecule has 1 aromatic carbocycles. The van der Waals surface area contributed by atoms with Gasteiger partial charge < -0.3 is 4.74 Å². The van der Waals surface area contributed by atoms with Crippen LogP contribution in [-0.2, 0) is 0 Å². The highest BCUT2D eigenvalue weighted by Gasteiger charge is 2.15. The predicted octanol–water partition coefficient (Wildman–Crippen LogP) is 3.79. The number of ether oxygens (including phenoxy) is 1. The van der Waals surface area contributed by atoms with Crippen LogP contribution in [0.15, 0.2) is 30.3 Å². The van der Waals surface area contributed by atoms with Crippen LogP contribution in [0.25, 0.3) is 0 Å². The molecule has 0 aliphatic carbocycles. The van der Waals surface area contributed by atoms with Crippen molar-refractivity contribution >= 4 is 23.1 Å². The fourth-order valence-electron chi connectivity index (χ4n) is 1.70. The number of aryl methyl sites for hydroxylation is 2. The minimum atomic E-state index is -0.426. The molecule has 19 heavy (non-hydrogen) atoms. The number of thiophene rings is 1. The second-order valence-corrected chi connectivity index (χ2v) is 5.64. The van der Waals surface area contributed by atoms with Crippen molar-refractivity contribution in [2.45, 2.75) is 20.8 Å². The number of benzene rings is 1. The molecule has 98 valence electrons. The molecule has 0 N–H and O–H groups in total. The number of hydrogen-bond acceptors (Lipinski definition) is 4. The third-order valence-electron chi connectivity index (χ3n) is 2.66. The molecule has 0 spiro atoms. The lowest BCUT2D eigenvalue weighted by atomic mass is 10.1. The van der Waals surface area contributed by atoms with E-state index in [4.69, 9.17) is 4.74 Å². The second kappa shape index (κ2) is 5.36. The summed E-state index contributed by atoms with van der Waals surface area (Å²) in [5.74, 6) is -0.229. The van der Waals surface area contributed by atoms with E-state index in [9.17, 15) is 9.59 Å². The molecule has 4 heteroatoms. The molecule has 1 heterocycles. The summed E-state index contributed by atoms with van der Waals surface area (Å²) in [5.41, 5.74) is 1.39. The van der Waals surface area contributed by atoms with Crippen molar-refractivity contribution in [3.63, 3.8) is 0 Å². The molecular weight excluding hydrogens is 260 g/mol. The maximum Gasteiger partial charge on any atom is 0.353 e. The SMILES string of the molecule is CC(=O)c1cc(C)ccc1OC(=O)c1ccc(C)s1. The van der Waals surface area contributed by atoms with Gasteiger partial charge in [-0.15, -0.1) is 11.3 Å². The number of Topliss-reactive ketones (excluding diaryl/α,β-unsaturated/α-hetero) is 1. The molecular formula is C15H14O3S. The van der Waals surface area contributed by atoms with Crippen molar-refractivity contribution in [1.82, 2.24) is 0 Å². The topological polar surface area (TPSA) is 43.4 Å². The third kappa shape index (κ3) is 3.09. The predicted molar refractivity (Wildman–Crippen MR) is 75.2 cm³/mol. The summed E-state index contributed by atoms with van der Waals surface area (Å²) in [6.45, 7) is 5.27. The second-order valence-electron chi connectivity index (χ2n) is 4.36. The fraction of sp³-hybridized carbons (Fsp3) is 0.200. The number of esters is 1. The first-order chi connectivity index (χ1) is 8.97. The van der Waals surface area contributed by atoms with Crippen molar-refractivity contribution in [2.75, 3.05) is 0 Å². The number of carbonyl (C=O) groups excluding carboxylic acids is 2. The Balaban J connectivity index is 2.28. The molecule has 2 rings (SSSR count). The Morgan fingerprint density at radius 2 is 1.84 bits per heavy atom. The molecule has 0 unspecified atom stereocenters. The van der Waals surface area contributed by atoms with Gasteiger partial charge in [-0.1, -0.05) is 11.6 Å². The highest BCUT2D eigenvalue weighted by Crippen LogP contribution is 2.23. The molecule has 0 saturated carbocycles. The molecule has 0 atom stereocenters. The van der Waals surface area contributed by atoms with Crippen molar-refractivity contribution < 1.29 is 14.3 Å². The highest BCUT2D eigenvalue weighted by molar-refractivity contribution is 7.13. The smallest absolute Gasteiger partial charge is 0.353 e. The van der Waals surface area contributed by atoms with Crippen LogP contribution in [-0.4, -0.2) is 11.8 Å². The monoisotopic (exact) mass is 274 g/mol. The van der Waals surface area contributed by atoms with E-state index in [1.54, 1.807) is 18.2 Å². The summed E-state index contributed by atoms with van der Waals surface area (Å²) >= 11 is 1.37. The van der Waals surface area contributed by atoms with E-state index in [1.807, 2.05) is 26.0 Å². The van der Waals surface area contributed by atoms with Gasteiger partial charge in [0.15, 0.2) is 5.78 Å². The molecule has 1 aromatic heterocycles. The van der Waals surface area contributed by atoms with Gasteiger partial charge in [0.25, 0.3) is 0 Å². The Bertz CT molecular complexity index is 641. The van der Waals surface area contributed by atoms with Crippen molar-refractivity contribution in [1.29, 1.82) is 0 Å². The zero-order valence-corrected chi connectivity index (χ0v) is 11.8. The average molecular weight is 274 g/mol. The molecule has 2 aromatic rings. The summed E-state index contributed by atoms with van der Waals surface area (Å²) in [6, 6.07) is 8.79. The van der Waals surface area contributed by atoms with Gasteiger partial charge in [-0.25, -0.2) is 4.79 Å². The number of carbonyl (C=O) groups is 2. The highest BCUT2D eigenvalue weighted by atomic mass is 32.1. The van der Waals surface area contributed by atoms with Crippen LogP contribution in [0.4, 0.5) is 0 Å². The van der Waals surface area contributed by atoms with Gasteiger partial charge in [-0.2, -0.15) is 0 Å². The summed E-state index contributed by atoms with van der Waals surface area (Å²) in [5, 5.41) is 0. The van der Waals surface area contributed by atoms with Crippen LogP contribution >= 0.6 is 11.3 Å². The molecule has 0 aliphatic heterocycles. The lowest BCUT2D eigenvalue weighted by Crippen LogP contribution is -2.09. The standard InChI is InChI=1S/C15H14O3S/c1-9-4-6-13(12(8-9)11(3)16)18-15(17)14-7-5-10(2)19-14/h4-8H,1-3H3. The Hall–Kier alpha value is -1.94. The first-order valence-electron chi connectivity index (χ1n) is 5.87. The molecule has 0 aliphatic rings. The van der Waals surface area contributed by atoms with E-state index >= 15 is 0 Å². The largest absolute Gasteiger partial charge is 0.422 e. The Morgan fingerprint density at radius 3 is 2.42 bits per heavy atom. The summed E-state index contributed by atoms with van der Waals surface area (Å²) in [7, 11) is 0. The number of hydrogen-bond donors (Lipinski definition) is 0. The summed E-state index contributed by atoms with van der Waals surface area (Å²) < 4.78 is 5.31. The van der Waals surface area contributed by atoms with E-state index in [-0.39, 0.29) is 5.78 Å². The lowest BCUT2D eigenvalue weighted by Gasteiger charge is -2.08. The molecule has 0 bridgehead atoms. The molecule has 0 radical (unpaired) electrons. The van der Waals surface area contributed by atoms with Crippen LogP contribution in [0.5, 0.6) is 5.75 Å². The quantitative estimate of drug-likeness (QED) is 0.486. The molecule has 0 fully saturated rings. The minimum Gasteiger partial charge on any atom is -0.422 e. The van der Waals surface area contributed by atoms with E-state index < -0.39 is 5.97 Å². The van der Waals surface area contributed by atoms with E-state index in [2.05, 4.69) is 0 Å². The third-order valence-corrected chi connectivity index (χ3v) is 3.64. The van der Waals surface area contributed by atoms with Crippen LogP contribution in [0.2, 0.25) is 0 Å². The van der Waals surface area contributed by atoms with Crippen molar-refractivity contribution in [3.8, 4) is 5.75 Å². The lowest BCUT2D eigenvalue weighted by molar-refractivity contribution is 0.0738. The number of ketones is 1.